The average molecular weight is 184 g/mol. The van der Waals surface area contributed by atoms with Gasteiger partial charge in [-0.1, -0.05) is 13.8 Å². The summed E-state index contributed by atoms with van der Waals surface area (Å²) >= 11 is 0. The summed E-state index contributed by atoms with van der Waals surface area (Å²) in [6, 6.07) is 0. The van der Waals surface area contributed by atoms with Crippen LogP contribution in [0.3, 0.4) is 0 Å². The molecule has 0 aromatic rings. The Kier molecular flexibility index (Phi) is 2.22. The Labute approximate surface area is 78.5 Å². The van der Waals surface area contributed by atoms with Crippen molar-refractivity contribution in [3.8, 4) is 0 Å². The molecule has 0 saturated heterocycles. The fourth-order valence-corrected chi connectivity index (χ4v) is 1.88. The van der Waals surface area contributed by atoms with Crippen molar-refractivity contribution in [2.75, 3.05) is 7.11 Å². The molecule has 0 heterocycles. The van der Waals surface area contributed by atoms with Crippen LogP contribution in [0.4, 0.5) is 0 Å². The van der Waals surface area contributed by atoms with Crippen molar-refractivity contribution in [1.29, 1.82) is 0 Å². The highest BCUT2D eigenvalue weighted by molar-refractivity contribution is 5.95. The molecule has 1 fully saturated rings. The Hall–Kier alpha value is -0.860. The summed E-state index contributed by atoms with van der Waals surface area (Å²) in [5, 5.41) is 0. The zero-order chi connectivity index (χ0) is 10.3. The first kappa shape index (κ1) is 10.2. The maximum absolute atomic E-state index is 11.5. The second-order valence-electron chi connectivity index (χ2n) is 4.37. The molecule has 0 amide bonds. The van der Waals surface area contributed by atoms with E-state index in [4.69, 9.17) is 4.74 Å². The Morgan fingerprint density at radius 3 is 2.23 bits per heavy atom. The largest absolute Gasteiger partial charge is 0.469 e. The normalized spacial score (nSPS) is 31.8. The van der Waals surface area contributed by atoms with Crippen LogP contribution < -0.4 is 0 Å². The molecule has 0 aromatic carbocycles. The van der Waals surface area contributed by atoms with Gasteiger partial charge in [-0.05, 0) is 13.3 Å². The Balaban J connectivity index is 3.05. The minimum Gasteiger partial charge on any atom is -0.469 e. The molecule has 1 aliphatic carbocycles. The van der Waals surface area contributed by atoms with E-state index in [1.165, 1.54) is 7.11 Å². The number of carbonyl (C=O) groups excluding carboxylic acids is 2. The first-order valence-electron chi connectivity index (χ1n) is 4.48. The molecule has 0 radical (unpaired) electrons. The van der Waals surface area contributed by atoms with Crippen molar-refractivity contribution in [2.45, 2.75) is 33.6 Å². The summed E-state index contributed by atoms with van der Waals surface area (Å²) < 4.78 is 4.73. The third-order valence-electron chi connectivity index (χ3n) is 3.56. The maximum atomic E-state index is 11.5. The summed E-state index contributed by atoms with van der Waals surface area (Å²) in [6.07, 6.45) is 1.09. The van der Waals surface area contributed by atoms with Crippen LogP contribution >= 0.6 is 0 Å². The van der Waals surface area contributed by atoms with Crippen LogP contribution in [-0.2, 0) is 14.3 Å². The summed E-state index contributed by atoms with van der Waals surface area (Å²) in [4.78, 5) is 23.0. The van der Waals surface area contributed by atoms with Gasteiger partial charge in [0.15, 0.2) is 0 Å². The van der Waals surface area contributed by atoms with Gasteiger partial charge in [-0.25, -0.2) is 0 Å². The minimum absolute atomic E-state index is 0.153. The molecule has 13 heavy (non-hydrogen) atoms. The van der Waals surface area contributed by atoms with Gasteiger partial charge >= 0.3 is 5.97 Å². The van der Waals surface area contributed by atoms with Crippen molar-refractivity contribution in [3.63, 3.8) is 0 Å². The molecule has 1 atom stereocenters. The second-order valence-corrected chi connectivity index (χ2v) is 4.37. The number of ether oxygens (including phenoxy) is 1. The fourth-order valence-electron chi connectivity index (χ4n) is 1.88. The lowest BCUT2D eigenvalue weighted by Crippen LogP contribution is -2.41. The monoisotopic (exact) mass is 184 g/mol. The second kappa shape index (κ2) is 2.82. The first-order valence-corrected chi connectivity index (χ1v) is 4.48. The zero-order valence-corrected chi connectivity index (χ0v) is 8.64. The van der Waals surface area contributed by atoms with Crippen LogP contribution in [0.1, 0.15) is 33.6 Å². The number of rotatable bonds is 1. The maximum Gasteiger partial charge on any atom is 0.312 e. The summed E-state index contributed by atoms with van der Waals surface area (Å²) in [5.74, 6) is -0.122. The molecule has 1 unspecified atom stereocenters. The number of hydrogen-bond acceptors (Lipinski definition) is 3. The number of methoxy groups -OCH3 is 1. The van der Waals surface area contributed by atoms with E-state index in [0.29, 0.717) is 12.8 Å². The van der Waals surface area contributed by atoms with Crippen molar-refractivity contribution in [3.05, 3.63) is 0 Å². The van der Waals surface area contributed by atoms with E-state index in [1.807, 2.05) is 20.8 Å². The lowest BCUT2D eigenvalue weighted by Gasteiger charge is -2.33. The van der Waals surface area contributed by atoms with Gasteiger partial charge in [-0.2, -0.15) is 0 Å². The van der Waals surface area contributed by atoms with E-state index < -0.39 is 10.8 Å². The molecule has 0 N–H and O–H groups in total. The Morgan fingerprint density at radius 2 is 1.92 bits per heavy atom. The fraction of sp³-hybridized carbons (Fsp3) is 0.800. The van der Waals surface area contributed by atoms with Gasteiger partial charge in [0.2, 0.25) is 0 Å². The topological polar surface area (TPSA) is 43.4 Å². The lowest BCUT2D eigenvalue weighted by molar-refractivity contribution is -0.159. The molecular weight excluding hydrogens is 168 g/mol. The highest BCUT2D eigenvalue weighted by Crippen LogP contribution is 2.50. The average Bonchev–Trinajstić information content (AvgIpc) is 2.29. The molecule has 3 nitrogen and oxygen atoms in total. The minimum atomic E-state index is -0.640. The van der Waals surface area contributed by atoms with E-state index in [-0.39, 0.29) is 11.8 Å². The van der Waals surface area contributed by atoms with Crippen LogP contribution in [0.25, 0.3) is 0 Å². The molecule has 0 aliphatic heterocycles. The first-order chi connectivity index (χ1) is 5.86. The summed E-state index contributed by atoms with van der Waals surface area (Å²) in [6.45, 7) is 5.45. The van der Waals surface area contributed by atoms with E-state index >= 15 is 0 Å². The van der Waals surface area contributed by atoms with Crippen LogP contribution in [0.2, 0.25) is 0 Å². The molecule has 0 spiro atoms. The number of esters is 1. The number of Topliss-reactive ketones (excluding diaryl/α,β-unsaturated/α-hetero) is 1. The Bertz CT molecular complexity index is 255. The third kappa shape index (κ3) is 1.18. The molecular formula is C10H16O3. The van der Waals surface area contributed by atoms with Crippen molar-refractivity contribution >= 4 is 11.8 Å². The molecule has 0 aromatic heterocycles. The van der Waals surface area contributed by atoms with Gasteiger partial charge in [0.25, 0.3) is 0 Å². The zero-order valence-electron chi connectivity index (χ0n) is 8.64. The molecule has 74 valence electrons. The smallest absolute Gasteiger partial charge is 0.312 e. The van der Waals surface area contributed by atoms with Crippen LogP contribution in [-0.4, -0.2) is 18.9 Å². The predicted molar refractivity (Wildman–Crippen MR) is 48.1 cm³/mol. The SMILES string of the molecule is COC(=O)C1(C)CCC(=O)C1(C)C. The number of carbonyl (C=O) groups is 2. The molecule has 0 bridgehead atoms. The highest BCUT2D eigenvalue weighted by atomic mass is 16.5. The number of hydrogen-bond donors (Lipinski definition) is 0. The van der Waals surface area contributed by atoms with E-state index in [1.54, 1.807) is 0 Å². The molecule has 1 aliphatic rings. The lowest BCUT2D eigenvalue weighted by atomic mass is 9.69. The van der Waals surface area contributed by atoms with Crippen molar-refractivity contribution in [1.82, 2.24) is 0 Å². The summed E-state index contributed by atoms with van der Waals surface area (Å²) in [5.41, 5.74) is -1.22. The number of ketones is 1. The van der Waals surface area contributed by atoms with Gasteiger partial charge in [-0.3, -0.25) is 9.59 Å². The molecule has 1 saturated carbocycles. The standard InChI is InChI=1S/C10H16O3/c1-9(2)7(11)5-6-10(9,3)8(12)13-4/h5-6H2,1-4H3. The van der Waals surface area contributed by atoms with E-state index in [9.17, 15) is 9.59 Å². The van der Waals surface area contributed by atoms with E-state index in [2.05, 4.69) is 0 Å². The van der Waals surface area contributed by atoms with Gasteiger partial charge < -0.3 is 4.74 Å². The van der Waals surface area contributed by atoms with Gasteiger partial charge in [0.05, 0.1) is 12.5 Å². The van der Waals surface area contributed by atoms with Gasteiger partial charge in [-0.15, -0.1) is 0 Å². The summed E-state index contributed by atoms with van der Waals surface area (Å²) in [7, 11) is 1.37. The third-order valence-corrected chi connectivity index (χ3v) is 3.56. The molecule has 1 rings (SSSR count). The van der Waals surface area contributed by atoms with Crippen molar-refractivity contribution < 1.29 is 14.3 Å². The van der Waals surface area contributed by atoms with Gasteiger partial charge in [0.1, 0.15) is 5.78 Å². The molecule has 3 heteroatoms. The predicted octanol–water partition coefficient (Wildman–Crippen LogP) is 1.55. The highest BCUT2D eigenvalue weighted by Gasteiger charge is 2.56. The van der Waals surface area contributed by atoms with Crippen LogP contribution in [0, 0.1) is 10.8 Å². The quantitative estimate of drug-likeness (QED) is 0.581. The van der Waals surface area contributed by atoms with E-state index in [0.717, 1.165) is 0 Å². The Morgan fingerprint density at radius 1 is 1.38 bits per heavy atom. The van der Waals surface area contributed by atoms with Crippen molar-refractivity contribution in [2.24, 2.45) is 10.8 Å². The van der Waals surface area contributed by atoms with Crippen LogP contribution in [0.15, 0.2) is 0 Å². The van der Waals surface area contributed by atoms with Crippen LogP contribution in [0.5, 0.6) is 0 Å². The van der Waals surface area contributed by atoms with Gasteiger partial charge in [0, 0.05) is 11.8 Å².